The number of hydrogen-bond acceptors (Lipinski definition) is 4. The molecule has 4 N–H and O–H groups in total. The molecule has 0 spiro atoms. The van der Waals surface area contributed by atoms with Crippen LogP contribution in [0.15, 0.2) is 28.7 Å². The van der Waals surface area contributed by atoms with Crippen LogP contribution >= 0.6 is 11.6 Å². The maximum absolute atomic E-state index is 10.9. The Morgan fingerprint density at radius 2 is 2.19 bits per heavy atom. The predicted molar refractivity (Wildman–Crippen MR) is 59.9 cm³/mol. The Bertz CT molecular complexity index is 551. The summed E-state index contributed by atoms with van der Waals surface area (Å²) in [6.07, 6.45) is 0. The Hall–Kier alpha value is -2.01. The third-order valence-corrected chi connectivity index (χ3v) is 2.19. The molecule has 0 fully saturated rings. The van der Waals surface area contributed by atoms with Gasteiger partial charge in [-0.2, -0.15) is 0 Å². The highest BCUT2D eigenvalue weighted by Gasteiger charge is 2.16. The minimum atomic E-state index is -0.727. The van der Waals surface area contributed by atoms with Gasteiger partial charge in [0, 0.05) is 10.6 Å². The molecule has 2 aromatic rings. The van der Waals surface area contributed by atoms with E-state index in [1.807, 2.05) is 0 Å². The van der Waals surface area contributed by atoms with Crippen molar-refractivity contribution in [2.45, 2.75) is 0 Å². The Balaban J connectivity index is 2.49. The number of primary amides is 1. The average Bonchev–Trinajstić information content (AvgIpc) is 2.60. The van der Waals surface area contributed by atoms with Gasteiger partial charge in [-0.25, -0.2) is 4.98 Å². The molecular formula is C10H8ClN3O2. The lowest BCUT2D eigenvalue weighted by Gasteiger charge is -1.94. The number of carbonyl (C=O) groups excluding carboxylic acids is 1. The summed E-state index contributed by atoms with van der Waals surface area (Å²) in [5.41, 5.74) is 11.1. The third kappa shape index (κ3) is 1.85. The summed E-state index contributed by atoms with van der Waals surface area (Å²) in [5, 5.41) is 0.537. The molecule has 16 heavy (non-hydrogen) atoms. The van der Waals surface area contributed by atoms with Gasteiger partial charge in [0.15, 0.2) is 5.69 Å². The molecule has 0 saturated carbocycles. The molecular weight excluding hydrogens is 230 g/mol. The highest BCUT2D eigenvalue weighted by atomic mass is 35.5. The number of amides is 1. The van der Waals surface area contributed by atoms with Crippen molar-refractivity contribution in [2.75, 3.05) is 5.73 Å². The Morgan fingerprint density at radius 3 is 2.75 bits per heavy atom. The largest absolute Gasteiger partial charge is 0.420 e. The van der Waals surface area contributed by atoms with E-state index < -0.39 is 5.91 Å². The van der Waals surface area contributed by atoms with E-state index in [4.69, 9.17) is 27.5 Å². The van der Waals surface area contributed by atoms with E-state index in [0.29, 0.717) is 10.6 Å². The molecule has 6 heteroatoms. The van der Waals surface area contributed by atoms with Gasteiger partial charge in [-0.15, -0.1) is 0 Å². The van der Waals surface area contributed by atoms with Gasteiger partial charge >= 0.3 is 0 Å². The number of nitrogen functional groups attached to an aromatic ring is 1. The normalized spacial score (nSPS) is 10.3. The minimum Gasteiger partial charge on any atom is -0.420 e. The van der Waals surface area contributed by atoms with Gasteiger partial charge in [0.1, 0.15) is 0 Å². The minimum absolute atomic E-state index is 0.0741. The van der Waals surface area contributed by atoms with Crippen LogP contribution in [0.25, 0.3) is 11.5 Å². The van der Waals surface area contributed by atoms with Crippen LogP contribution in [0.4, 0.5) is 5.88 Å². The van der Waals surface area contributed by atoms with Crippen LogP contribution in [-0.2, 0) is 0 Å². The fourth-order valence-electron chi connectivity index (χ4n) is 1.25. The molecule has 0 unspecified atom stereocenters. The Labute approximate surface area is 96.0 Å². The lowest BCUT2D eigenvalue weighted by molar-refractivity contribution is 0.0996. The molecule has 1 amide bonds. The zero-order valence-electron chi connectivity index (χ0n) is 8.11. The van der Waals surface area contributed by atoms with Crippen molar-refractivity contribution in [3.8, 4) is 11.5 Å². The molecule has 0 aliphatic carbocycles. The summed E-state index contributed by atoms with van der Waals surface area (Å²) in [7, 11) is 0. The number of rotatable bonds is 2. The molecule has 5 nitrogen and oxygen atoms in total. The second-order valence-corrected chi connectivity index (χ2v) is 3.54. The molecule has 1 aromatic carbocycles. The Kier molecular flexibility index (Phi) is 2.54. The zero-order valence-corrected chi connectivity index (χ0v) is 8.86. The van der Waals surface area contributed by atoms with E-state index in [1.165, 1.54) is 0 Å². The molecule has 0 atom stereocenters. The summed E-state index contributed by atoms with van der Waals surface area (Å²) in [6, 6.07) is 6.84. The summed E-state index contributed by atoms with van der Waals surface area (Å²) < 4.78 is 5.12. The van der Waals surface area contributed by atoms with Gasteiger partial charge in [0.05, 0.1) is 0 Å². The van der Waals surface area contributed by atoms with E-state index in [9.17, 15) is 4.79 Å². The van der Waals surface area contributed by atoms with Crippen LogP contribution in [0.3, 0.4) is 0 Å². The van der Waals surface area contributed by atoms with Gasteiger partial charge in [-0.3, -0.25) is 4.79 Å². The summed E-state index contributed by atoms with van der Waals surface area (Å²) in [5.74, 6) is -0.606. The molecule has 0 bridgehead atoms. The second-order valence-electron chi connectivity index (χ2n) is 3.11. The first-order valence-corrected chi connectivity index (χ1v) is 4.78. The number of halogens is 1. The first-order chi connectivity index (χ1) is 7.58. The molecule has 0 aliphatic heterocycles. The maximum Gasteiger partial charge on any atom is 0.273 e. The summed E-state index contributed by atoms with van der Waals surface area (Å²) in [4.78, 5) is 14.8. The number of carbonyl (C=O) groups is 1. The smallest absolute Gasteiger partial charge is 0.273 e. The highest BCUT2D eigenvalue weighted by molar-refractivity contribution is 6.30. The molecule has 0 radical (unpaired) electrons. The fraction of sp³-hybridized carbons (Fsp3) is 0. The van der Waals surface area contributed by atoms with Crippen LogP contribution in [-0.4, -0.2) is 10.9 Å². The molecule has 2 rings (SSSR count). The van der Waals surface area contributed by atoms with Crippen molar-refractivity contribution >= 4 is 23.4 Å². The number of benzene rings is 1. The molecule has 82 valence electrons. The van der Waals surface area contributed by atoms with Crippen LogP contribution in [0.2, 0.25) is 5.02 Å². The number of aromatic nitrogens is 1. The predicted octanol–water partition coefficient (Wildman–Crippen LogP) is 1.68. The quantitative estimate of drug-likeness (QED) is 0.831. The topological polar surface area (TPSA) is 95.1 Å². The van der Waals surface area contributed by atoms with Crippen molar-refractivity contribution in [2.24, 2.45) is 5.73 Å². The van der Waals surface area contributed by atoms with E-state index in [1.54, 1.807) is 24.3 Å². The van der Waals surface area contributed by atoms with E-state index in [2.05, 4.69) is 4.98 Å². The average molecular weight is 238 g/mol. The number of nitrogens with two attached hydrogens (primary N) is 2. The van der Waals surface area contributed by atoms with Crippen LogP contribution in [0.5, 0.6) is 0 Å². The molecule has 1 heterocycles. The maximum atomic E-state index is 10.9. The van der Waals surface area contributed by atoms with Crippen LogP contribution < -0.4 is 11.5 Å². The van der Waals surface area contributed by atoms with Gasteiger partial charge in [-0.1, -0.05) is 17.7 Å². The summed E-state index contributed by atoms with van der Waals surface area (Å²) in [6.45, 7) is 0. The van der Waals surface area contributed by atoms with Crippen LogP contribution in [0, 0.1) is 0 Å². The van der Waals surface area contributed by atoms with Gasteiger partial charge in [0.25, 0.3) is 5.91 Å². The second kappa shape index (κ2) is 3.86. The standard InChI is InChI=1S/C10H8ClN3O2/c11-6-3-1-2-5(4-6)10-14-7(8(12)15)9(13)16-10/h1-4H,13H2,(H2,12,15). The third-order valence-electron chi connectivity index (χ3n) is 1.96. The molecule has 1 aromatic heterocycles. The highest BCUT2D eigenvalue weighted by Crippen LogP contribution is 2.25. The SMILES string of the molecule is NC(=O)c1nc(-c2cccc(Cl)c2)oc1N. The van der Waals surface area contributed by atoms with Gasteiger partial charge in [0.2, 0.25) is 11.8 Å². The first-order valence-electron chi connectivity index (χ1n) is 4.40. The number of nitrogens with zero attached hydrogens (tertiary/aromatic N) is 1. The van der Waals surface area contributed by atoms with Crippen molar-refractivity contribution in [1.29, 1.82) is 0 Å². The van der Waals surface area contributed by atoms with Crippen molar-refractivity contribution in [1.82, 2.24) is 4.98 Å². The lowest BCUT2D eigenvalue weighted by atomic mass is 10.2. The number of anilines is 1. The van der Waals surface area contributed by atoms with E-state index >= 15 is 0 Å². The fourth-order valence-corrected chi connectivity index (χ4v) is 1.44. The van der Waals surface area contributed by atoms with Gasteiger partial charge < -0.3 is 15.9 Å². The number of hydrogen-bond donors (Lipinski definition) is 2. The Morgan fingerprint density at radius 1 is 1.44 bits per heavy atom. The van der Waals surface area contributed by atoms with Crippen molar-refractivity contribution in [3.05, 3.63) is 35.0 Å². The molecule has 0 saturated heterocycles. The monoisotopic (exact) mass is 237 g/mol. The van der Waals surface area contributed by atoms with Crippen molar-refractivity contribution < 1.29 is 9.21 Å². The van der Waals surface area contributed by atoms with Crippen molar-refractivity contribution in [3.63, 3.8) is 0 Å². The summed E-state index contributed by atoms with van der Waals surface area (Å²) >= 11 is 5.81. The molecule has 0 aliphatic rings. The van der Waals surface area contributed by atoms with E-state index in [-0.39, 0.29) is 17.5 Å². The van der Waals surface area contributed by atoms with Crippen LogP contribution in [0.1, 0.15) is 10.5 Å². The first kappa shape index (κ1) is 10.5. The zero-order chi connectivity index (χ0) is 11.7. The number of oxazole rings is 1. The van der Waals surface area contributed by atoms with E-state index in [0.717, 1.165) is 0 Å². The lowest BCUT2D eigenvalue weighted by Crippen LogP contribution is -2.13. The van der Waals surface area contributed by atoms with Gasteiger partial charge in [-0.05, 0) is 18.2 Å².